The second kappa shape index (κ2) is 9.52. The van der Waals surface area contributed by atoms with Crippen LogP contribution >= 0.6 is 0 Å². The molecule has 0 saturated carbocycles. The summed E-state index contributed by atoms with van der Waals surface area (Å²) in [7, 11) is 2.02. The highest BCUT2D eigenvalue weighted by atomic mass is 16.2. The molecule has 1 unspecified atom stereocenters. The molecule has 2 aromatic carbocycles. The lowest BCUT2D eigenvalue weighted by molar-refractivity contribution is -0.122. The lowest BCUT2D eigenvalue weighted by Crippen LogP contribution is -2.46. The molecule has 2 aliphatic heterocycles. The van der Waals surface area contributed by atoms with E-state index in [0.29, 0.717) is 0 Å². The molecule has 1 saturated heterocycles. The summed E-state index contributed by atoms with van der Waals surface area (Å²) in [4.78, 5) is 19.8. The topological polar surface area (TPSA) is 38.8 Å². The van der Waals surface area contributed by atoms with Gasteiger partial charge >= 0.3 is 0 Å². The average Bonchev–Trinajstić information content (AvgIpc) is 3.11. The number of piperazine rings is 1. The Hall–Kier alpha value is -2.53. The molecule has 0 bridgehead atoms. The van der Waals surface area contributed by atoms with Crippen LogP contribution in [0.25, 0.3) is 0 Å². The zero-order valence-corrected chi connectivity index (χ0v) is 18.3. The molecule has 4 rings (SSSR count). The minimum atomic E-state index is -0.0721. The van der Waals surface area contributed by atoms with E-state index in [1.165, 1.54) is 22.5 Å². The molecular formula is C25H34N4O. The molecule has 160 valence electrons. The van der Waals surface area contributed by atoms with Gasteiger partial charge in [0.2, 0.25) is 5.91 Å². The van der Waals surface area contributed by atoms with Crippen molar-refractivity contribution in [3.8, 4) is 0 Å². The molecule has 1 fully saturated rings. The fourth-order valence-electron chi connectivity index (χ4n) is 4.65. The van der Waals surface area contributed by atoms with Gasteiger partial charge in [-0.3, -0.25) is 9.69 Å². The highest BCUT2D eigenvalue weighted by Crippen LogP contribution is 2.30. The van der Waals surface area contributed by atoms with Crippen molar-refractivity contribution < 1.29 is 4.79 Å². The molecular weight excluding hydrogens is 372 g/mol. The van der Waals surface area contributed by atoms with Crippen LogP contribution in [0.2, 0.25) is 0 Å². The zero-order chi connectivity index (χ0) is 20.9. The van der Waals surface area contributed by atoms with Crippen LogP contribution in [0, 0.1) is 6.92 Å². The fraction of sp³-hybridized carbons (Fsp3) is 0.480. The molecule has 1 N–H and O–H groups in total. The number of likely N-dealkylation sites (N-methyl/N-ethyl adjacent to an activating group) is 1. The quantitative estimate of drug-likeness (QED) is 0.718. The second-order valence-electron chi connectivity index (χ2n) is 8.63. The van der Waals surface area contributed by atoms with E-state index >= 15 is 0 Å². The Bertz CT molecular complexity index is 860. The minimum Gasteiger partial charge on any atom is -0.369 e. The van der Waals surface area contributed by atoms with Crippen LogP contribution in [0.4, 0.5) is 11.4 Å². The number of para-hydroxylation sites is 1. The van der Waals surface area contributed by atoms with Crippen molar-refractivity contribution in [1.29, 1.82) is 0 Å². The van der Waals surface area contributed by atoms with E-state index in [1.54, 1.807) is 0 Å². The van der Waals surface area contributed by atoms with Gasteiger partial charge < -0.3 is 15.1 Å². The zero-order valence-electron chi connectivity index (χ0n) is 18.3. The molecule has 2 aliphatic rings. The van der Waals surface area contributed by atoms with Gasteiger partial charge in [-0.15, -0.1) is 0 Å². The van der Waals surface area contributed by atoms with E-state index in [2.05, 4.69) is 63.3 Å². The van der Waals surface area contributed by atoms with Crippen LogP contribution in [0.5, 0.6) is 0 Å². The Labute approximate surface area is 180 Å². The minimum absolute atomic E-state index is 0.0721. The number of amides is 1. The van der Waals surface area contributed by atoms with Crippen LogP contribution < -0.4 is 15.1 Å². The first kappa shape index (κ1) is 20.7. The van der Waals surface area contributed by atoms with Gasteiger partial charge in [-0.2, -0.15) is 0 Å². The summed E-state index contributed by atoms with van der Waals surface area (Å²) in [6.45, 7) is 8.46. The van der Waals surface area contributed by atoms with Crippen molar-refractivity contribution in [2.24, 2.45) is 0 Å². The van der Waals surface area contributed by atoms with Crippen LogP contribution in [0.15, 0.2) is 48.5 Å². The number of carbonyl (C=O) groups excluding carboxylic acids is 1. The number of hydrogen-bond donors (Lipinski definition) is 1. The summed E-state index contributed by atoms with van der Waals surface area (Å²) in [6.07, 6.45) is 2.97. The van der Waals surface area contributed by atoms with Crippen molar-refractivity contribution >= 4 is 17.3 Å². The Morgan fingerprint density at radius 1 is 1.03 bits per heavy atom. The number of hydrogen-bond acceptors (Lipinski definition) is 4. The Kier molecular flexibility index (Phi) is 6.58. The van der Waals surface area contributed by atoms with Crippen molar-refractivity contribution in [1.82, 2.24) is 10.2 Å². The molecule has 0 spiro atoms. The number of benzene rings is 2. The Balaban J connectivity index is 1.12. The van der Waals surface area contributed by atoms with Crippen molar-refractivity contribution in [2.75, 3.05) is 56.1 Å². The number of unbranched alkanes of at least 4 members (excludes halogenated alkanes) is 1. The fourth-order valence-corrected chi connectivity index (χ4v) is 4.65. The molecule has 0 radical (unpaired) electrons. The molecule has 0 aromatic heterocycles. The van der Waals surface area contributed by atoms with Crippen LogP contribution in [0.1, 0.15) is 24.0 Å². The van der Waals surface area contributed by atoms with Crippen LogP contribution in [-0.4, -0.2) is 63.2 Å². The predicted molar refractivity (Wildman–Crippen MR) is 124 cm³/mol. The van der Waals surface area contributed by atoms with Crippen molar-refractivity contribution in [3.05, 3.63) is 59.7 Å². The molecule has 2 aromatic rings. The van der Waals surface area contributed by atoms with Crippen LogP contribution in [0.3, 0.4) is 0 Å². The summed E-state index contributed by atoms with van der Waals surface area (Å²) >= 11 is 0. The van der Waals surface area contributed by atoms with E-state index in [-0.39, 0.29) is 11.9 Å². The molecule has 0 aliphatic carbocycles. The molecule has 1 atom stereocenters. The molecule has 5 heteroatoms. The standard InChI is InChI=1S/C25H34N4O/c1-20-8-7-10-22(18-20)29-16-14-28(15-17-29)13-6-5-12-26-25(30)24-19-21-9-3-4-11-23(21)27(24)2/h3-4,7-11,18,24H,5-6,12-17,19H2,1-2H3,(H,26,30). The molecule has 2 heterocycles. The van der Waals surface area contributed by atoms with Gasteiger partial charge in [0.1, 0.15) is 6.04 Å². The first-order chi connectivity index (χ1) is 14.6. The first-order valence-electron chi connectivity index (χ1n) is 11.2. The summed E-state index contributed by atoms with van der Waals surface area (Å²) in [5, 5.41) is 3.15. The maximum Gasteiger partial charge on any atom is 0.243 e. The maximum absolute atomic E-state index is 12.6. The van der Waals surface area contributed by atoms with E-state index in [1.807, 2.05) is 19.2 Å². The monoisotopic (exact) mass is 406 g/mol. The van der Waals surface area contributed by atoms with E-state index in [4.69, 9.17) is 0 Å². The van der Waals surface area contributed by atoms with E-state index in [0.717, 1.165) is 58.5 Å². The highest BCUT2D eigenvalue weighted by molar-refractivity contribution is 5.88. The SMILES string of the molecule is Cc1cccc(N2CCN(CCCCNC(=O)C3Cc4ccccc4N3C)CC2)c1. The van der Waals surface area contributed by atoms with Gasteiger partial charge in [-0.25, -0.2) is 0 Å². The number of rotatable bonds is 7. The van der Waals surface area contributed by atoms with Gasteiger partial charge in [0.05, 0.1) is 0 Å². The van der Waals surface area contributed by atoms with Crippen molar-refractivity contribution in [2.45, 2.75) is 32.2 Å². The van der Waals surface area contributed by atoms with E-state index in [9.17, 15) is 4.79 Å². The summed E-state index contributed by atoms with van der Waals surface area (Å²) in [6, 6.07) is 17.0. The lowest BCUT2D eigenvalue weighted by Gasteiger charge is -2.36. The maximum atomic E-state index is 12.6. The number of anilines is 2. The van der Waals surface area contributed by atoms with Gasteiger partial charge in [0.15, 0.2) is 0 Å². The number of nitrogens with zero attached hydrogens (tertiary/aromatic N) is 3. The second-order valence-corrected chi connectivity index (χ2v) is 8.63. The summed E-state index contributed by atoms with van der Waals surface area (Å²) in [5.74, 6) is 0.153. The van der Waals surface area contributed by atoms with Gasteiger partial charge in [-0.05, 0) is 55.6 Å². The Morgan fingerprint density at radius 3 is 2.60 bits per heavy atom. The summed E-state index contributed by atoms with van der Waals surface area (Å²) < 4.78 is 0. The third-order valence-electron chi connectivity index (χ3n) is 6.49. The lowest BCUT2D eigenvalue weighted by atomic mass is 10.1. The molecule has 30 heavy (non-hydrogen) atoms. The van der Waals surface area contributed by atoms with Gasteiger partial charge in [0.25, 0.3) is 0 Å². The smallest absolute Gasteiger partial charge is 0.243 e. The predicted octanol–water partition coefficient (Wildman–Crippen LogP) is 3.07. The normalized spacial score (nSPS) is 19.1. The third-order valence-corrected chi connectivity index (χ3v) is 6.49. The van der Waals surface area contributed by atoms with E-state index < -0.39 is 0 Å². The van der Waals surface area contributed by atoms with Gasteiger partial charge in [0, 0.05) is 57.6 Å². The average molecular weight is 407 g/mol. The molecule has 1 amide bonds. The number of aryl methyl sites for hydroxylation is 1. The Morgan fingerprint density at radius 2 is 1.83 bits per heavy atom. The summed E-state index contributed by atoms with van der Waals surface area (Å²) in [5.41, 5.74) is 5.12. The molecule has 5 nitrogen and oxygen atoms in total. The van der Waals surface area contributed by atoms with Crippen LogP contribution in [-0.2, 0) is 11.2 Å². The highest BCUT2D eigenvalue weighted by Gasteiger charge is 2.31. The van der Waals surface area contributed by atoms with Crippen molar-refractivity contribution in [3.63, 3.8) is 0 Å². The number of nitrogens with one attached hydrogen (secondary N) is 1. The first-order valence-corrected chi connectivity index (χ1v) is 11.2. The van der Waals surface area contributed by atoms with Gasteiger partial charge in [-0.1, -0.05) is 30.3 Å². The largest absolute Gasteiger partial charge is 0.369 e. The third kappa shape index (κ3) is 4.78. The number of fused-ring (bicyclic) bond motifs is 1. The number of carbonyl (C=O) groups is 1.